The lowest BCUT2D eigenvalue weighted by atomic mass is 9.99. The number of methoxy groups -OCH3 is 1. The lowest BCUT2D eigenvalue weighted by Crippen LogP contribution is -2.47. The molecule has 0 bridgehead atoms. The molecule has 22 heavy (non-hydrogen) atoms. The number of halogens is 1. The Kier molecular flexibility index (Phi) is 5.87. The number of carbonyl (C=O) groups is 2. The summed E-state index contributed by atoms with van der Waals surface area (Å²) in [5.41, 5.74) is 5.11. The van der Waals surface area contributed by atoms with Crippen LogP contribution in [0.15, 0.2) is 24.3 Å². The van der Waals surface area contributed by atoms with E-state index >= 15 is 0 Å². The predicted molar refractivity (Wildman–Crippen MR) is 78.5 cm³/mol. The molecule has 0 saturated heterocycles. The first-order valence-electron chi connectivity index (χ1n) is 6.73. The minimum atomic E-state index is -1.27. The van der Waals surface area contributed by atoms with Gasteiger partial charge in [0.15, 0.2) is 0 Å². The third kappa shape index (κ3) is 5.00. The number of nitrogens with one attached hydrogen (secondary N) is 1. The van der Waals surface area contributed by atoms with Crippen molar-refractivity contribution in [1.82, 2.24) is 5.32 Å². The number of hydrogen-bond acceptors (Lipinski definition) is 5. The van der Waals surface area contributed by atoms with Gasteiger partial charge in [0.2, 0.25) is 0 Å². The predicted octanol–water partition coefficient (Wildman–Crippen LogP) is 1.89. The van der Waals surface area contributed by atoms with Gasteiger partial charge in [0, 0.05) is 5.56 Å². The van der Waals surface area contributed by atoms with Crippen LogP contribution in [0.2, 0.25) is 0 Å². The van der Waals surface area contributed by atoms with E-state index in [1.807, 2.05) is 0 Å². The zero-order valence-corrected chi connectivity index (χ0v) is 13.1. The Balaban J connectivity index is 3.05. The molecule has 0 saturated carbocycles. The van der Waals surface area contributed by atoms with E-state index in [-0.39, 0.29) is 5.56 Å². The molecule has 0 aliphatic heterocycles. The second kappa shape index (κ2) is 7.22. The van der Waals surface area contributed by atoms with E-state index in [0.29, 0.717) is 0 Å². The van der Waals surface area contributed by atoms with Crippen molar-refractivity contribution in [2.75, 3.05) is 7.11 Å². The number of ether oxygens (including phenoxy) is 2. The molecule has 1 amide bonds. The van der Waals surface area contributed by atoms with Gasteiger partial charge in [-0.15, -0.1) is 0 Å². The molecule has 122 valence electrons. The number of nitrogens with two attached hydrogens (primary N) is 1. The van der Waals surface area contributed by atoms with Gasteiger partial charge in [0.05, 0.1) is 13.2 Å². The molecule has 0 heterocycles. The van der Waals surface area contributed by atoms with Gasteiger partial charge in [-0.2, -0.15) is 0 Å². The van der Waals surface area contributed by atoms with Gasteiger partial charge < -0.3 is 20.5 Å². The summed E-state index contributed by atoms with van der Waals surface area (Å²) in [6.45, 7) is 5.06. The van der Waals surface area contributed by atoms with Crippen LogP contribution in [0.4, 0.5) is 9.18 Å². The van der Waals surface area contributed by atoms with Crippen LogP contribution in [0.5, 0.6) is 0 Å². The molecule has 6 nitrogen and oxygen atoms in total. The van der Waals surface area contributed by atoms with Crippen molar-refractivity contribution in [3.8, 4) is 0 Å². The second-order valence-electron chi connectivity index (χ2n) is 5.69. The number of carbonyl (C=O) groups excluding carboxylic acids is 2. The highest BCUT2D eigenvalue weighted by Crippen LogP contribution is 2.21. The summed E-state index contributed by atoms with van der Waals surface area (Å²) in [7, 11) is 1.16. The maximum Gasteiger partial charge on any atom is 0.408 e. The molecular formula is C15H21FN2O4. The van der Waals surface area contributed by atoms with E-state index in [1.165, 1.54) is 18.2 Å². The highest BCUT2D eigenvalue weighted by atomic mass is 19.1. The molecule has 1 aromatic rings. The first kappa shape index (κ1) is 17.9. The van der Waals surface area contributed by atoms with Crippen molar-refractivity contribution in [1.29, 1.82) is 0 Å². The zero-order chi connectivity index (χ0) is 16.9. The monoisotopic (exact) mass is 312 g/mol. The van der Waals surface area contributed by atoms with Crippen molar-refractivity contribution < 1.29 is 23.5 Å². The molecule has 1 rings (SSSR count). The fourth-order valence-corrected chi connectivity index (χ4v) is 1.79. The van der Waals surface area contributed by atoms with Crippen LogP contribution >= 0.6 is 0 Å². The summed E-state index contributed by atoms with van der Waals surface area (Å²) < 4.78 is 23.6. The number of amides is 1. The Morgan fingerprint density at radius 3 is 2.36 bits per heavy atom. The number of alkyl carbamates (subject to hydrolysis) is 1. The molecule has 0 aliphatic rings. The Morgan fingerprint density at radius 2 is 1.86 bits per heavy atom. The average molecular weight is 312 g/mol. The minimum absolute atomic E-state index is 0.0752. The Bertz CT molecular complexity index is 543. The van der Waals surface area contributed by atoms with Crippen LogP contribution in [0.3, 0.4) is 0 Å². The van der Waals surface area contributed by atoms with E-state index in [9.17, 15) is 14.0 Å². The average Bonchev–Trinajstić information content (AvgIpc) is 2.42. The highest BCUT2D eigenvalue weighted by molar-refractivity contribution is 5.78. The molecule has 0 aliphatic carbocycles. The lowest BCUT2D eigenvalue weighted by molar-refractivity contribution is -0.142. The topological polar surface area (TPSA) is 90.6 Å². The van der Waals surface area contributed by atoms with Gasteiger partial charge in [-0.1, -0.05) is 18.2 Å². The van der Waals surface area contributed by atoms with E-state index in [4.69, 9.17) is 10.5 Å². The molecule has 7 heteroatoms. The van der Waals surface area contributed by atoms with Crippen LogP contribution in [-0.2, 0) is 14.3 Å². The van der Waals surface area contributed by atoms with Crippen molar-refractivity contribution in [3.05, 3.63) is 35.6 Å². The SMILES string of the molecule is COC(=O)[C@@H](N)[C@H](NC(=O)OC(C)(C)C)c1ccccc1F. The number of hydrogen-bond donors (Lipinski definition) is 2. The molecule has 0 aromatic heterocycles. The van der Waals surface area contributed by atoms with Crippen molar-refractivity contribution in [2.45, 2.75) is 38.5 Å². The van der Waals surface area contributed by atoms with Crippen LogP contribution in [0.1, 0.15) is 32.4 Å². The summed E-state index contributed by atoms with van der Waals surface area (Å²) in [5, 5.41) is 2.42. The number of benzene rings is 1. The van der Waals surface area contributed by atoms with Crippen LogP contribution < -0.4 is 11.1 Å². The summed E-state index contributed by atoms with van der Waals surface area (Å²) in [6.07, 6.45) is -0.805. The van der Waals surface area contributed by atoms with Crippen LogP contribution in [0, 0.1) is 5.82 Å². The number of esters is 1. The first-order valence-corrected chi connectivity index (χ1v) is 6.73. The fourth-order valence-electron chi connectivity index (χ4n) is 1.79. The van der Waals surface area contributed by atoms with Gasteiger partial charge in [-0.05, 0) is 26.8 Å². The van der Waals surface area contributed by atoms with Crippen LogP contribution in [0.25, 0.3) is 0 Å². The summed E-state index contributed by atoms with van der Waals surface area (Å²) in [4.78, 5) is 23.5. The summed E-state index contributed by atoms with van der Waals surface area (Å²) >= 11 is 0. The molecule has 2 atom stereocenters. The molecule has 0 radical (unpaired) electrons. The Hall–Kier alpha value is -2.15. The van der Waals surface area contributed by atoms with Gasteiger partial charge in [0.25, 0.3) is 0 Å². The van der Waals surface area contributed by atoms with E-state index in [0.717, 1.165) is 7.11 Å². The maximum atomic E-state index is 14.0. The summed E-state index contributed by atoms with van der Waals surface area (Å²) in [6, 6.07) is 3.33. The van der Waals surface area contributed by atoms with E-state index < -0.39 is 35.6 Å². The lowest BCUT2D eigenvalue weighted by Gasteiger charge is -2.26. The van der Waals surface area contributed by atoms with Gasteiger partial charge in [0.1, 0.15) is 17.5 Å². The minimum Gasteiger partial charge on any atom is -0.468 e. The molecule has 0 unspecified atom stereocenters. The molecule has 0 fully saturated rings. The van der Waals surface area contributed by atoms with Crippen molar-refractivity contribution in [3.63, 3.8) is 0 Å². The molecule has 0 spiro atoms. The first-order chi connectivity index (χ1) is 10.2. The van der Waals surface area contributed by atoms with Gasteiger partial charge >= 0.3 is 12.1 Å². The highest BCUT2D eigenvalue weighted by Gasteiger charge is 2.31. The Morgan fingerprint density at radius 1 is 1.27 bits per heavy atom. The van der Waals surface area contributed by atoms with Crippen LogP contribution in [-0.4, -0.2) is 30.8 Å². The standard InChI is InChI=1S/C15H21FN2O4/c1-15(2,3)22-14(20)18-12(11(17)13(19)21-4)9-7-5-6-8-10(9)16/h5-8,11-12H,17H2,1-4H3,(H,18,20)/t11-,12+/m0/s1. The van der Waals surface area contributed by atoms with E-state index in [2.05, 4.69) is 10.1 Å². The molecule has 3 N–H and O–H groups in total. The largest absolute Gasteiger partial charge is 0.468 e. The zero-order valence-electron chi connectivity index (χ0n) is 13.1. The van der Waals surface area contributed by atoms with Gasteiger partial charge in [-0.3, -0.25) is 4.79 Å². The third-order valence-corrected chi connectivity index (χ3v) is 2.74. The van der Waals surface area contributed by atoms with Crippen molar-refractivity contribution >= 4 is 12.1 Å². The molecule has 1 aromatic carbocycles. The Labute approximate surface area is 128 Å². The quantitative estimate of drug-likeness (QED) is 0.829. The normalized spacial score (nSPS) is 13.9. The van der Waals surface area contributed by atoms with Crippen molar-refractivity contribution in [2.24, 2.45) is 5.73 Å². The summed E-state index contributed by atoms with van der Waals surface area (Å²) in [5.74, 6) is -1.37. The third-order valence-electron chi connectivity index (χ3n) is 2.74. The maximum absolute atomic E-state index is 14.0. The van der Waals surface area contributed by atoms with Gasteiger partial charge in [-0.25, -0.2) is 9.18 Å². The smallest absolute Gasteiger partial charge is 0.408 e. The fraction of sp³-hybridized carbons (Fsp3) is 0.467. The number of rotatable bonds is 4. The second-order valence-corrected chi connectivity index (χ2v) is 5.69. The van der Waals surface area contributed by atoms with E-state index in [1.54, 1.807) is 26.8 Å². The molecular weight excluding hydrogens is 291 g/mol.